The summed E-state index contributed by atoms with van der Waals surface area (Å²) in [6, 6.07) is 5.64. The minimum absolute atomic E-state index is 0.00304. The first kappa shape index (κ1) is 10.9. The Kier molecular flexibility index (Phi) is 3.56. The van der Waals surface area contributed by atoms with Gasteiger partial charge in [-0.2, -0.15) is 0 Å². The highest BCUT2D eigenvalue weighted by molar-refractivity contribution is 5.91. The Labute approximate surface area is 86.6 Å². The van der Waals surface area contributed by atoms with Gasteiger partial charge in [0.1, 0.15) is 0 Å². The molecule has 0 aromatic heterocycles. The molecular formula is C10H10N2O3. The van der Waals surface area contributed by atoms with E-state index in [1.54, 1.807) is 0 Å². The molecule has 1 amide bonds. The van der Waals surface area contributed by atoms with Crippen molar-refractivity contribution in [1.29, 1.82) is 0 Å². The molecule has 0 bridgehead atoms. The summed E-state index contributed by atoms with van der Waals surface area (Å²) >= 11 is 0. The monoisotopic (exact) mass is 206 g/mol. The Bertz CT molecular complexity index is 384. The summed E-state index contributed by atoms with van der Waals surface area (Å²) in [6.45, 7) is 3.43. The zero-order valence-electron chi connectivity index (χ0n) is 7.97. The van der Waals surface area contributed by atoms with Crippen molar-refractivity contribution in [2.45, 2.75) is 6.42 Å². The number of carbonyl (C=O) groups excluding carboxylic acids is 1. The number of nitro benzene ring substituents is 1. The largest absolute Gasteiger partial charge is 0.326 e. The second kappa shape index (κ2) is 4.90. The van der Waals surface area contributed by atoms with Crippen molar-refractivity contribution in [3.8, 4) is 0 Å². The third-order valence-corrected chi connectivity index (χ3v) is 1.69. The number of rotatable bonds is 4. The molecule has 0 saturated heterocycles. The maximum absolute atomic E-state index is 11.1. The summed E-state index contributed by atoms with van der Waals surface area (Å²) in [5.41, 5.74) is 0.532. The molecule has 0 aliphatic carbocycles. The van der Waals surface area contributed by atoms with Gasteiger partial charge in [0.2, 0.25) is 5.91 Å². The van der Waals surface area contributed by atoms with Crippen molar-refractivity contribution < 1.29 is 9.72 Å². The van der Waals surface area contributed by atoms with Crippen LogP contribution in [0.1, 0.15) is 6.42 Å². The van der Waals surface area contributed by atoms with Crippen molar-refractivity contribution in [2.75, 3.05) is 5.32 Å². The number of hydrogen-bond donors (Lipinski definition) is 1. The number of amides is 1. The summed E-state index contributed by atoms with van der Waals surface area (Å²) in [5.74, 6) is -0.196. The topological polar surface area (TPSA) is 72.2 Å². The molecule has 1 N–H and O–H groups in total. The maximum Gasteiger partial charge on any atom is 0.269 e. The standard InChI is InChI=1S/C10H10N2O3/c1-2-3-10(13)11-8-4-6-9(7-5-8)12(14)15/h2,4-7H,1,3H2,(H,11,13). The van der Waals surface area contributed by atoms with Gasteiger partial charge in [-0.25, -0.2) is 0 Å². The highest BCUT2D eigenvalue weighted by Crippen LogP contribution is 2.15. The molecule has 1 rings (SSSR count). The van der Waals surface area contributed by atoms with Crippen LogP contribution in [0.4, 0.5) is 11.4 Å². The first-order chi connectivity index (χ1) is 7.13. The number of nitrogens with zero attached hydrogens (tertiary/aromatic N) is 1. The van der Waals surface area contributed by atoms with Gasteiger partial charge in [-0.1, -0.05) is 6.08 Å². The predicted octanol–water partition coefficient (Wildman–Crippen LogP) is 2.11. The van der Waals surface area contributed by atoms with Gasteiger partial charge in [0.05, 0.1) is 4.92 Å². The van der Waals surface area contributed by atoms with Crippen LogP contribution >= 0.6 is 0 Å². The number of anilines is 1. The minimum Gasteiger partial charge on any atom is -0.326 e. The molecule has 1 aromatic carbocycles. The molecule has 0 aliphatic rings. The van der Waals surface area contributed by atoms with Gasteiger partial charge >= 0.3 is 0 Å². The van der Waals surface area contributed by atoms with Crippen molar-refractivity contribution in [3.63, 3.8) is 0 Å². The molecule has 0 saturated carbocycles. The molecule has 1 aromatic rings. The molecule has 0 aliphatic heterocycles. The average Bonchev–Trinajstić information content (AvgIpc) is 2.18. The lowest BCUT2D eigenvalue weighted by molar-refractivity contribution is -0.384. The van der Waals surface area contributed by atoms with Crippen LogP contribution in [-0.4, -0.2) is 10.8 Å². The third kappa shape index (κ3) is 3.22. The second-order valence-electron chi connectivity index (χ2n) is 2.84. The lowest BCUT2D eigenvalue weighted by Gasteiger charge is -2.02. The van der Waals surface area contributed by atoms with E-state index in [0.717, 1.165) is 0 Å². The zero-order valence-corrected chi connectivity index (χ0v) is 7.97. The Balaban J connectivity index is 2.68. The number of nitrogens with one attached hydrogen (secondary N) is 1. The van der Waals surface area contributed by atoms with E-state index in [1.165, 1.54) is 30.3 Å². The highest BCUT2D eigenvalue weighted by atomic mass is 16.6. The smallest absolute Gasteiger partial charge is 0.269 e. The van der Waals surface area contributed by atoms with E-state index < -0.39 is 4.92 Å². The van der Waals surface area contributed by atoms with Crippen LogP contribution in [0.5, 0.6) is 0 Å². The SMILES string of the molecule is C=CCC(=O)Nc1ccc([N+](=O)[O-])cc1. The molecule has 5 nitrogen and oxygen atoms in total. The minimum atomic E-state index is -0.491. The molecule has 0 radical (unpaired) electrons. The van der Waals surface area contributed by atoms with E-state index in [0.29, 0.717) is 5.69 Å². The van der Waals surface area contributed by atoms with Crippen molar-refractivity contribution in [1.82, 2.24) is 0 Å². The van der Waals surface area contributed by atoms with Gasteiger partial charge in [0.15, 0.2) is 0 Å². The van der Waals surface area contributed by atoms with Crippen LogP contribution in [0.25, 0.3) is 0 Å². The maximum atomic E-state index is 11.1. The summed E-state index contributed by atoms with van der Waals surface area (Å²) in [6.07, 6.45) is 1.71. The highest BCUT2D eigenvalue weighted by Gasteiger charge is 2.04. The Morgan fingerprint density at radius 3 is 2.53 bits per heavy atom. The summed E-state index contributed by atoms with van der Waals surface area (Å²) in [7, 11) is 0. The molecular weight excluding hydrogens is 196 g/mol. The normalized spacial score (nSPS) is 9.33. The molecule has 5 heteroatoms. The molecule has 0 heterocycles. The molecule has 0 spiro atoms. The lowest BCUT2D eigenvalue weighted by Crippen LogP contribution is -2.09. The quantitative estimate of drug-likeness (QED) is 0.465. The van der Waals surface area contributed by atoms with Gasteiger partial charge in [-0.3, -0.25) is 14.9 Å². The van der Waals surface area contributed by atoms with Gasteiger partial charge in [0, 0.05) is 24.2 Å². The summed E-state index contributed by atoms with van der Waals surface area (Å²) < 4.78 is 0. The second-order valence-corrected chi connectivity index (χ2v) is 2.84. The van der Waals surface area contributed by atoms with Gasteiger partial charge in [0.25, 0.3) is 5.69 Å². The Hall–Kier alpha value is -2.17. The number of non-ortho nitro benzene ring substituents is 1. The van der Waals surface area contributed by atoms with Gasteiger partial charge in [-0.05, 0) is 12.1 Å². The van der Waals surface area contributed by atoms with Crippen LogP contribution in [0.2, 0.25) is 0 Å². The molecule has 0 fully saturated rings. The van der Waals surface area contributed by atoms with Crippen LogP contribution in [0, 0.1) is 10.1 Å². The van der Waals surface area contributed by atoms with E-state index in [1.807, 2.05) is 0 Å². The number of benzene rings is 1. The predicted molar refractivity (Wildman–Crippen MR) is 56.5 cm³/mol. The molecule has 0 atom stereocenters. The van der Waals surface area contributed by atoms with Crippen LogP contribution in [0.15, 0.2) is 36.9 Å². The number of hydrogen-bond acceptors (Lipinski definition) is 3. The first-order valence-electron chi connectivity index (χ1n) is 4.28. The fourth-order valence-corrected chi connectivity index (χ4v) is 1.01. The van der Waals surface area contributed by atoms with E-state index in [-0.39, 0.29) is 18.0 Å². The summed E-state index contributed by atoms with van der Waals surface area (Å²) in [4.78, 5) is 21.0. The van der Waals surface area contributed by atoms with E-state index in [4.69, 9.17) is 0 Å². The Morgan fingerprint density at radius 1 is 1.47 bits per heavy atom. The average molecular weight is 206 g/mol. The van der Waals surface area contributed by atoms with Crippen molar-refractivity contribution in [3.05, 3.63) is 47.0 Å². The molecule has 0 unspecified atom stereocenters. The zero-order chi connectivity index (χ0) is 11.3. The van der Waals surface area contributed by atoms with Gasteiger partial charge in [-0.15, -0.1) is 6.58 Å². The molecule has 78 valence electrons. The van der Waals surface area contributed by atoms with Crippen LogP contribution in [0.3, 0.4) is 0 Å². The lowest BCUT2D eigenvalue weighted by atomic mass is 10.2. The van der Waals surface area contributed by atoms with Gasteiger partial charge < -0.3 is 5.32 Å². The number of nitro groups is 1. The Morgan fingerprint density at radius 2 is 2.07 bits per heavy atom. The van der Waals surface area contributed by atoms with Crippen molar-refractivity contribution >= 4 is 17.3 Å². The van der Waals surface area contributed by atoms with E-state index >= 15 is 0 Å². The molecule has 15 heavy (non-hydrogen) atoms. The van der Waals surface area contributed by atoms with E-state index in [9.17, 15) is 14.9 Å². The fourth-order valence-electron chi connectivity index (χ4n) is 1.01. The summed E-state index contributed by atoms with van der Waals surface area (Å²) in [5, 5.41) is 12.9. The fraction of sp³-hybridized carbons (Fsp3) is 0.100. The van der Waals surface area contributed by atoms with Crippen LogP contribution < -0.4 is 5.32 Å². The van der Waals surface area contributed by atoms with Crippen LogP contribution in [-0.2, 0) is 4.79 Å². The van der Waals surface area contributed by atoms with Crippen molar-refractivity contribution in [2.24, 2.45) is 0 Å². The number of carbonyl (C=O) groups is 1. The first-order valence-corrected chi connectivity index (χ1v) is 4.28. The van der Waals surface area contributed by atoms with E-state index in [2.05, 4.69) is 11.9 Å². The third-order valence-electron chi connectivity index (χ3n) is 1.69.